The standard InChI is InChI=1S/C20H14ClFN4O2/c21-12-2-5-15(20(23)27)16(7-12)11-1-4-14(26(28)10-11)9-19-24-17-6-3-13(22)8-18(17)25-19/h1-8,10H,9H2,(H3-,23,24,25,27,28)/p+1. The van der Waals surface area contributed by atoms with Gasteiger partial charge in [0, 0.05) is 26.9 Å². The minimum Gasteiger partial charge on any atom is -0.366 e. The quantitative estimate of drug-likeness (QED) is 0.364. The van der Waals surface area contributed by atoms with Crippen molar-refractivity contribution in [3.05, 3.63) is 82.6 Å². The van der Waals surface area contributed by atoms with Crippen LogP contribution in [0.3, 0.4) is 0 Å². The van der Waals surface area contributed by atoms with Crippen molar-refractivity contribution in [1.82, 2.24) is 9.97 Å². The van der Waals surface area contributed by atoms with Gasteiger partial charge in [0.05, 0.1) is 23.0 Å². The smallest absolute Gasteiger partial charge is 0.249 e. The number of aromatic amines is 1. The summed E-state index contributed by atoms with van der Waals surface area (Å²) in [5, 5.41) is 10.8. The van der Waals surface area contributed by atoms with Crippen LogP contribution in [0, 0.1) is 5.82 Å². The number of fused-ring (bicyclic) bond motifs is 1. The van der Waals surface area contributed by atoms with E-state index in [4.69, 9.17) is 17.3 Å². The molecule has 2 heterocycles. The van der Waals surface area contributed by atoms with Crippen molar-refractivity contribution in [1.29, 1.82) is 0 Å². The van der Waals surface area contributed by atoms with Crippen LogP contribution in [0.5, 0.6) is 0 Å². The number of primary amides is 1. The number of pyridine rings is 1. The molecule has 4 rings (SSSR count). The molecule has 0 fully saturated rings. The highest BCUT2D eigenvalue weighted by Gasteiger charge is 2.18. The molecule has 2 aromatic heterocycles. The lowest BCUT2D eigenvalue weighted by Crippen LogP contribution is -2.35. The highest BCUT2D eigenvalue weighted by molar-refractivity contribution is 6.31. The summed E-state index contributed by atoms with van der Waals surface area (Å²) < 4.78 is 14.3. The Morgan fingerprint density at radius 2 is 2.04 bits per heavy atom. The summed E-state index contributed by atoms with van der Waals surface area (Å²) in [6.07, 6.45) is 1.76. The van der Waals surface area contributed by atoms with Gasteiger partial charge in [-0.15, -0.1) is 0 Å². The molecule has 0 atom stereocenters. The van der Waals surface area contributed by atoms with Crippen LogP contribution in [-0.4, -0.2) is 21.1 Å². The third-order valence-electron chi connectivity index (χ3n) is 4.41. The minimum absolute atomic E-state index is 0.297. The molecular formula is C20H15ClFN4O2+. The normalized spacial score (nSPS) is 11.1. The Labute approximate surface area is 164 Å². The Hall–Kier alpha value is -3.45. The van der Waals surface area contributed by atoms with Gasteiger partial charge in [-0.2, -0.15) is 0 Å². The molecule has 0 aliphatic heterocycles. The summed E-state index contributed by atoms with van der Waals surface area (Å²) in [5.41, 5.74) is 8.60. The third-order valence-corrected chi connectivity index (χ3v) is 4.65. The lowest BCUT2D eigenvalue weighted by molar-refractivity contribution is -0.909. The molecule has 0 spiro atoms. The molecule has 0 radical (unpaired) electrons. The number of carbonyl (C=O) groups excluding carboxylic acids is 1. The summed E-state index contributed by atoms with van der Waals surface area (Å²) in [6, 6.07) is 12.5. The van der Waals surface area contributed by atoms with E-state index < -0.39 is 5.91 Å². The fourth-order valence-electron chi connectivity index (χ4n) is 3.08. The second-order valence-corrected chi connectivity index (χ2v) is 6.77. The number of halogens is 2. The van der Waals surface area contributed by atoms with Gasteiger partial charge < -0.3 is 10.7 Å². The van der Waals surface area contributed by atoms with Crippen LogP contribution in [0.15, 0.2) is 54.7 Å². The summed E-state index contributed by atoms with van der Waals surface area (Å²) >= 11 is 6.04. The number of rotatable bonds is 4. The molecule has 4 aromatic rings. The number of nitrogens with one attached hydrogen (secondary N) is 1. The van der Waals surface area contributed by atoms with Crippen molar-refractivity contribution in [3.63, 3.8) is 0 Å². The van der Waals surface area contributed by atoms with E-state index in [9.17, 15) is 14.4 Å². The van der Waals surface area contributed by atoms with E-state index in [0.717, 1.165) is 4.73 Å². The number of imidazole rings is 1. The van der Waals surface area contributed by atoms with E-state index in [-0.39, 0.29) is 5.82 Å². The molecule has 0 unspecified atom stereocenters. The first-order valence-corrected chi connectivity index (χ1v) is 8.76. The Bertz CT molecular complexity index is 1220. The number of carbonyl (C=O) groups is 1. The fraction of sp³-hybridized carbons (Fsp3) is 0.0500. The lowest BCUT2D eigenvalue weighted by atomic mass is 10.0. The molecule has 28 heavy (non-hydrogen) atoms. The van der Waals surface area contributed by atoms with E-state index in [1.165, 1.54) is 18.3 Å². The Balaban J connectivity index is 1.68. The zero-order valence-electron chi connectivity index (χ0n) is 14.5. The third kappa shape index (κ3) is 3.39. The van der Waals surface area contributed by atoms with Gasteiger partial charge in [-0.1, -0.05) is 11.6 Å². The van der Waals surface area contributed by atoms with Crippen molar-refractivity contribution in [2.45, 2.75) is 6.42 Å². The molecular weight excluding hydrogens is 383 g/mol. The van der Waals surface area contributed by atoms with Gasteiger partial charge in [-0.3, -0.25) is 10.0 Å². The zero-order chi connectivity index (χ0) is 19.8. The van der Waals surface area contributed by atoms with Crippen molar-refractivity contribution in [2.24, 2.45) is 5.73 Å². The molecule has 2 aromatic carbocycles. The highest BCUT2D eigenvalue weighted by Crippen LogP contribution is 2.26. The molecule has 8 heteroatoms. The van der Waals surface area contributed by atoms with E-state index >= 15 is 0 Å². The molecule has 140 valence electrons. The fourth-order valence-corrected chi connectivity index (χ4v) is 3.25. The van der Waals surface area contributed by atoms with Gasteiger partial charge in [0.15, 0.2) is 0 Å². The lowest BCUT2D eigenvalue weighted by Gasteiger charge is -2.06. The molecule has 0 aliphatic rings. The first-order chi connectivity index (χ1) is 13.4. The first-order valence-electron chi connectivity index (χ1n) is 8.38. The average molecular weight is 398 g/mol. The van der Waals surface area contributed by atoms with Crippen LogP contribution >= 0.6 is 11.6 Å². The predicted molar refractivity (Wildman–Crippen MR) is 102 cm³/mol. The maximum atomic E-state index is 13.3. The van der Waals surface area contributed by atoms with Crippen molar-refractivity contribution in [3.8, 4) is 11.1 Å². The maximum Gasteiger partial charge on any atom is 0.249 e. The van der Waals surface area contributed by atoms with E-state index in [1.54, 1.807) is 36.4 Å². The summed E-state index contributed by atoms with van der Waals surface area (Å²) in [4.78, 5) is 19.1. The van der Waals surface area contributed by atoms with Crippen LogP contribution in [-0.2, 0) is 6.42 Å². The maximum absolute atomic E-state index is 13.3. The number of hydrogen-bond acceptors (Lipinski definition) is 3. The summed E-state index contributed by atoms with van der Waals surface area (Å²) in [7, 11) is 0. The van der Waals surface area contributed by atoms with Crippen LogP contribution in [0.25, 0.3) is 22.2 Å². The van der Waals surface area contributed by atoms with Gasteiger partial charge in [0.2, 0.25) is 17.8 Å². The number of H-pyrrole nitrogens is 1. The van der Waals surface area contributed by atoms with E-state index in [1.807, 2.05) is 0 Å². The topological polar surface area (TPSA) is 95.9 Å². The van der Waals surface area contributed by atoms with Crippen molar-refractivity contribution < 1.29 is 19.1 Å². The zero-order valence-corrected chi connectivity index (χ0v) is 15.2. The Kier molecular flexibility index (Phi) is 4.44. The molecule has 6 nitrogen and oxygen atoms in total. The number of nitrogens with zero attached hydrogens (tertiary/aromatic N) is 2. The molecule has 0 saturated carbocycles. The van der Waals surface area contributed by atoms with Crippen LogP contribution in [0.2, 0.25) is 5.02 Å². The Morgan fingerprint density at radius 1 is 1.21 bits per heavy atom. The van der Waals surface area contributed by atoms with Gasteiger partial charge in [-0.05, 0) is 42.5 Å². The SMILES string of the molecule is NC(=O)c1ccc(Cl)cc1-c1ccc(Cc2nc3ccc(F)cc3[nH]2)[n+](O)c1. The number of nitrogens with two attached hydrogens (primary N) is 1. The van der Waals surface area contributed by atoms with Crippen LogP contribution in [0.4, 0.5) is 4.39 Å². The van der Waals surface area contributed by atoms with E-state index in [0.29, 0.717) is 50.7 Å². The molecule has 1 amide bonds. The first kappa shape index (κ1) is 17.9. The number of aromatic nitrogens is 3. The van der Waals surface area contributed by atoms with Crippen molar-refractivity contribution >= 4 is 28.5 Å². The van der Waals surface area contributed by atoms with Gasteiger partial charge >= 0.3 is 0 Å². The Morgan fingerprint density at radius 3 is 2.79 bits per heavy atom. The number of benzene rings is 2. The largest absolute Gasteiger partial charge is 0.366 e. The van der Waals surface area contributed by atoms with Gasteiger partial charge in [0.1, 0.15) is 11.6 Å². The molecule has 4 N–H and O–H groups in total. The second kappa shape index (κ2) is 6.94. The van der Waals surface area contributed by atoms with Crippen LogP contribution in [0.1, 0.15) is 21.9 Å². The van der Waals surface area contributed by atoms with Crippen LogP contribution < -0.4 is 10.5 Å². The highest BCUT2D eigenvalue weighted by atomic mass is 35.5. The molecule has 0 bridgehead atoms. The number of hydrogen-bond donors (Lipinski definition) is 3. The minimum atomic E-state index is -0.588. The predicted octanol–water partition coefficient (Wildman–Crippen LogP) is 3.24. The second-order valence-electron chi connectivity index (χ2n) is 6.33. The average Bonchev–Trinajstić information content (AvgIpc) is 3.04. The molecule has 0 saturated heterocycles. The summed E-state index contributed by atoms with van der Waals surface area (Å²) in [5.74, 6) is -0.359. The number of amides is 1. The molecule has 0 aliphatic carbocycles. The van der Waals surface area contributed by atoms with Crippen molar-refractivity contribution in [2.75, 3.05) is 0 Å². The van der Waals surface area contributed by atoms with E-state index in [2.05, 4.69) is 9.97 Å². The monoisotopic (exact) mass is 397 g/mol. The van der Waals surface area contributed by atoms with Gasteiger partial charge in [0.25, 0.3) is 0 Å². The van der Waals surface area contributed by atoms with Gasteiger partial charge in [-0.25, -0.2) is 9.37 Å². The summed E-state index contributed by atoms with van der Waals surface area (Å²) in [6.45, 7) is 0.